The largest absolute Gasteiger partial charge is 0.355 e. The number of sulfonamides is 1. The van der Waals surface area contributed by atoms with E-state index in [4.69, 9.17) is 11.6 Å². The maximum absolute atomic E-state index is 12.5. The Bertz CT molecular complexity index is 1250. The fourth-order valence-corrected chi connectivity index (χ4v) is 4.58. The van der Waals surface area contributed by atoms with Crippen molar-refractivity contribution in [1.82, 2.24) is 19.2 Å². The number of halogens is 1. The summed E-state index contributed by atoms with van der Waals surface area (Å²) in [6, 6.07) is 12.5. The Hall–Kier alpha value is -2.42. The van der Waals surface area contributed by atoms with E-state index in [1.54, 1.807) is 18.2 Å². The number of carbonyl (C=O) groups is 1. The third kappa shape index (κ3) is 5.14. The zero-order valence-electron chi connectivity index (χ0n) is 19.0. The molecule has 0 radical (unpaired) electrons. The number of rotatable bonds is 8. The second-order valence-corrected chi connectivity index (χ2v) is 11.3. The zero-order chi connectivity index (χ0) is 23.7. The van der Waals surface area contributed by atoms with Gasteiger partial charge in [0.05, 0.1) is 15.9 Å². The van der Waals surface area contributed by atoms with Crippen molar-refractivity contribution in [2.45, 2.75) is 37.0 Å². The van der Waals surface area contributed by atoms with Crippen molar-refractivity contribution in [2.75, 3.05) is 20.6 Å². The van der Waals surface area contributed by atoms with Crippen molar-refractivity contribution in [1.29, 1.82) is 0 Å². The van der Waals surface area contributed by atoms with Crippen LogP contribution in [0.2, 0.25) is 5.02 Å². The van der Waals surface area contributed by atoms with E-state index in [2.05, 4.69) is 24.1 Å². The minimum atomic E-state index is -3.53. The van der Waals surface area contributed by atoms with Crippen molar-refractivity contribution in [3.8, 4) is 0 Å². The zero-order valence-corrected chi connectivity index (χ0v) is 20.6. The lowest BCUT2D eigenvalue weighted by atomic mass is 9.84. The predicted molar refractivity (Wildman–Crippen MR) is 127 cm³/mol. The van der Waals surface area contributed by atoms with Crippen LogP contribution in [0, 0.1) is 0 Å². The fraction of sp³-hybridized carbons (Fsp3) is 0.391. The highest BCUT2D eigenvalue weighted by Crippen LogP contribution is 2.25. The number of imidazole rings is 1. The number of carbonyl (C=O) groups excluding carboxylic acids is 1. The van der Waals surface area contributed by atoms with Gasteiger partial charge in [0.15, 0.2) is 0 Å². The van der Waals surface area contributed by atoms with Crippen molar-refractivity contribution >= 4 is 38.6 Å². The van der Waals surface area contributed by atoms with E-state index >= 15 is 0 Å². The summed E-state index contributed by atoms with van der Waals surface area (Å²) >= 11 is 6.10. The molecule has 1 aromatic heterocycles. The average molecular weight is 477 g/mol. The first-order chi connectivity index (χ1) is 14.9. The topological polar surface area (TPSA) is 84.3 Å². The number of nitrogens with zero attached hydrogens (tertiary/aromatic N) is 3. The average Bonchev–Trinajstić information content (AvgIpc) is 3.05. The molecule has 172 valence electrons. The van der Waals surface area contributed by atoms with Crippen LogP contribution in [0.3, 0.4) is 0 Å². The van der Waals surface area contributed by atoms with E-state index in [0.29, 0.717) is 23.5 Å². The Labute approximate surface area is 194 Å². The van der Waals surface area contributed by atoms with Crippen LogP contribution >= 0.6 is 11.6 Å². The molecule has 0 spiro atoms. The quantitative estimate of drug-likeness (QED) is 0.539. The maximum Gasteiger partial charge on any atom is 0.242 e. The minimum absolute atomic E-state index is 0.0666. The van der Waals surface area contributed by atoms with E-state index in [1.807, 2.05) is 35.9 Å². The van der Waals surface area contributed by atoms with Crippen molar-refractivity contribution in [2.24, 2.45) is 7.05 Å². The van der Waals surface area contributed by atoms with Gasteiger partial charge in [0.1, 0.15) is 5.82 Å². The molecule has 9 heteroatoms. The summed E-state index contributed by atoms with van der Waals surface area (Å²) in [6.07, 6.45) is 0.732. The summed E-state index contributed by atoms with van der Waals surface area (Å²) in [5, 5.41) is 3.67. The van der Waals surface area contributed by atoms with E-state index < -0.39 is 10.0 Å². The number of benzene rings is 2. The van der Waals surface area contributed by atoms with Crippen LogP contribution in [0.25, 0.3) is 11.0 Å². The molecule has 0 aliphatic heterocycles. The van der Waals surface area contributed by atoms with E-state index in [0.717, 1.165) is 16.9 Å². The molecule has 0 fully saturated rings. The number of hydrogen-bond donors (Lipinski definition) is 1. The smallest absolute Gasteiger partial charge is 0.242 e. The van der Waals surface area contributed by atoms with Gasteiger partial charge in [-0.05, 0) is 35.9 Å². The molecule has 32 heavy (non-hydrogen) atoms. The van der Waals surface area contributed by atoms with Crippen molar-refractivity contribution < 1.29 is 13.2 Å². The summed E-state index contributed by atoms with van der Waals surface area (Å²) in [5.74, 6) is 0.659. The minimum Gasteiger partial charge on any atom is -0.355 e. The summed E-state index contributed by atoms with van der Waals surface area (Å²) < 4.78 is 27.8. The molecule has 3 aromatic rings. The molecule has 0 saturated heterocycles. The summed E-state index contributed by atoms with van der Waals surface area (Å²) in [7, 11) is 1.32. The van der Waals surface area contributed by atoms with Gasteiger partial charge in [-0.3, -0.25) is 4.79 Å². The molecule has 0 unspecified atom stereocenters. The lowest BCUT2D eigenvalue weighted by Crippen LogP contribution is -2.36. The molecule has 2 aromatic carbocycles. The first-order valence-electron chi connectivity index (χ1n) is 10.3. The van der Waals surface area contributed by atoms with Crippen LogP contribution in [0.4, 0.5) is 0 Å². The molecule has 3 rings (SSSR count). The summed E-state index contributed by atoms with van der Waals surface area (Å²) in [4.78, 5) is 17.3. The van der Waals surface area contributed by atoms with Crippen LogP contribution in [-0.2, 0) is 33.7 Å². The van der Waals surface area contributed by atoms with Gasteiger partial charge >= 0.3 is 0 Å². The highest BCUT2D eigenvalue weighted by atomic mass is 35.5. The lowest BCUT2D eigenvalue weighted by Gasteiger charge is -2.26. The molecule has 0 aliphatic carbocycles. The van der Waals surface area contributed by atoms with Gasteiger partial charge in [0, 0.05) is 51.0 Å². The van der Waals surface area contributed by atoms with Crippen LogP contribution in [0.1, 0.15) is 31.7 Å². The number of hydrogen-bond acceptors (Lipinski definition) is 4. The Morgan fingerprint density at radius 2 is 1.91 bits per heavy atom. The molecule has 1 amide bonds. The normalized spacial score (nSPS) is 12.5. The molecular weight excluding hydrogens is 448 g/mol. The van der Waals surface area contributed by atoms with E-state index in [1.165, 1.54) is 18.4 Å². The SMILES string of the molecule is CN(C)S(=O)(=O)c1ccc2c(c1)nc(CCC(=O)NCC(C)(C)c1cccc(Cl)c1)n2C. The highest BCUT2D eigenvalue weighted by molar-refractivity contribution is 7.89. The van der Waals surface area contributed by atoms with Crippen LogP contribution in [0.5, 0.6) is 0 Å². The van der Waals surface area contributed by atoms with Gasteiger partial charge < -0.3 is 9.88 Å². The standard InChI is InChI=1S/C23H29ClN4O3S/c1-23(2,16-7-6-8-17(24)13-16)15-25-22(29)12-11-21-26-19-14-18(32(30,31)27(3)4)9-10-20(19)28(21)5/h6-10,13-14H,11-12,15H2,1-5H3,(H,25,29). The van der Waals surface area contributed by atoms with Gasteiger partial charge in [-0.15, -0.1) is 0 Å². The third-order valence-electron chi connectivity index (χ3n) is 5.63. The first kappa shape index (κ1) is 24.2. The maximum atomic E-state index is 12.5. The van der Waals surface area contributed by atoms with E-state index in [-0.39, 0.29) is 22.6 Å². The van der Waals surface area contributed by atoms with Crippen molar-refractivity contribution in [3.63, 3.8) is 0 Å². The Balaban J connectivity index is 1.66. The monoisotopic (exact) mass is 476 g/mol. The second kappa shape index (κ2) is 9.21. The second-order valence-electron chi connectivity index (χ2n) is 8.70. The number of nitrogens with one attached hydrogen (secondary N) is 1. The van der Waals surface area contributed by atoms with Crippen molar-refractivity contribution in [3.05, 3.63) is 58.9 Å². The molecule has 1 N–H and O–H groups in total. The van der Waals surface area contributed by atoms with Crippen LogP contribution in [0.15, 0.2) is 47.4 Å². The number of aromatic nitrogens is 2. The number of aryl methyl sites for hydroxylation is 2. The Morgan fingerprint density at radius 1 is 1.19 bits per heavy atom. The fourth-order valence-electron chi connectivity index (χ4n) is 3.47. The molecule has 0 bridgehead atoms. The Kier molecular flexibility index (Phi) is 6.97. The molecule has 1 heterocycles. The highest BCUT2D eigenvalue weighted by Gasteiger charge is 2.22. The van der Waals surface area contributed by atoms with Gasteiger partial charge in [-0.2, -0.15) is 0 Å². The van der Waals surface area contributed by atoms with Gasteiger partial charge in [-0.25, -0.2) is 17.7 Å². The molecule has 0 atom stereocenters. The summed E-state index contributed by atoms with van der Waals surface area (Å²) in [6.45, 7) is 4.61. The van der Waals surface area contributed by atoms with Gasteiger partial charge in [0.2, 0.25) is 15.9 Å². The first-order valence-corrected chi connectivity index (χ1v) is 12.1. The van der Waals surface area contributed by atoms with Crippen LogP contribution < -0.4 is 5.32 Å². The summed E-state index contributed by atoms with van der Waals surface area (Å²) in [5.41, 5.74) is 2.21. The third-order valence-corrected chi connectivity index (χ3v) is 7.68. The lowest BCUT2D eigenvalue weighted by molar-refractivity contribution is -0.121. The predicted octanol–water partition coefficient (Wildman–Crippen LogP) is 3.50. The van der Waals surface area contributed by atoms with Crippen LogP contribution in [-0.4, -0.2) is 48.8 Å². The van der Waals surface area contributed by atoms with Gasteiger partial charge in [-0.1, -0.05) is 37.6 Å². The molecular formula is C23H29ClN4O3S. The van der Waals surface area contributed by atoms with Gasteiger partial charge in [0.25, 0.3) is 0 Å². The Morgan fingerprint density at radius 3 is 2.56 bits per heavy atom. The van der Waals surface area contributed by atoms with E-state index in [9.17, 15) is 13.2 Å². The molecule has 7 nitrogen and oxygen atoms in total. The molecule has 0 saturated carbocycles. The molecule has 0 aliphatic rings. The number of amides is 1. The number of fused-ring (bicyclic) bond motifs is 1.